The zero-order valence-corrected chi connectivity index (χ0v) is 59.4. The SMILES string of the molecule is CCCCCCCCCCCCCCCCCCCCCCCC(=O)O[C@H](COC(=O)CCCCCCCCC(C)CC)COP(=O)(O)OC[C@@H](O)COP(=O)(O)OC[C@@H](COC(=O)CCCCCCCCCCC)OC(=O)CCCCCCCCCCC. The first-order chi connectivity index (χ1) is 43.1. The monoisotopic (exact) mass is 1310 g/mol. The molecule has 0 saturated heterocycles. The van der Waals surface area contributed by atoms with Gasteiger partial charge < -0.3 is 33.8 Å². The van der Waals surface area contributed by atoms with Gasteiger partial charge in [-0.05, 0) is 31.6 Å². The number of rotatable bonds is 70. The van der Waals surface area contributed by atoms with Crippen molar-refractivity contribution < 1.29 is 80.2 Å². The Labute approximate surface area is 543 Å². The summed E-state index contributed by atoms with van der Waals surface area (Å²) in [4.78, 5) is 72.3. The summed E-state index contributed by atoms with van der Waals surface area (Å²) >= 11 is 0. The van der Waals surface area contributed by atoms with Crippen LogP contribution in [0.4, 0.5) is 0 Å². The molecule has 0 aromatic rings. The first-order valence-corrected chi connectivity index (χ1v) is 39.7. The van der Waals surface area contributed by atoms with Crippen LogP contribution in [0.5, 0.6) is 0 Å². The number of carbonyl (C=O) groups excluding carboxylic acids is 4. The summed E-state index contributed by atoms with van der Waals surface area (Å²) in [6.07, 6.45) is 50.2. The maximum atomic E-state index is 13.0. The minimum atomic E-state index is -4.95. The van der Waals surface area contributed by atoms with E-state index in [2.05, 4.69) is 34.6 Å². The Morgan fingerprint density at radius 3 is 0.798 bits per heavy atom. The van der Waals surface area contributed by atoms with Crippen LogP contribution in [0.15, 0.2) is 0 Å². The highest BCUT2D eigenvalue weighted by Crippen LogP contribution is 2.45. The predicted molar refractivity (Wildman–Crippen MR) is 358 cm³/mol. The Kier molecular flexibility index (Phi) is 62.1. The Morgan fingerprint density at radius 2 is 0.539 bits per heavy atom. The lowest BCUT2D eigenvalue weighted by atomic mass is 10.00. The Morgan fingerprint density at radius 1 is 0.315 bits per heavy atom. The highest BCUT2D eigenvalue weighted by Gasteiger charge is 2.30. The molecule has 3 unspecified atom stereocenters. The molecule has 89 heavy (non-hydrogen) atoms. The van der Waals surface area contributed by atoms with Crippen molar-refractivity contribution in [2.45, 2.75) is 380 Å². The summed E-state index contributed by atoms with van der Waals surface area (Å²) in [7, 11) is -9.89. The maximum Gasteiger partial charge on any atom is 0.472 e. The first-order valence-electron chi connectivity index (χ1n) is 36.7. The molecule has 0 saturated carbocycles. The van der Waals surface area contributed by atoms with Gasteiger partial charge in [0.05, 0.1) is 26.4 Å². The lowest BCUT2D eigenvalue weighted by Gasteiger charge is -2.21. The highest BCUT2D eigenvalue weighted by atomic mass is 31.2. The van der Waals surface area contributed by atoms with Crippen molar-refractivity contribution in [3.63, 3.8) is 0 Å². The summed E-state index contributed by atoms with van der Waals surface area (Å²) in [6.45, 7) is 7.17. The van der Waals surface area contributed by atoms with Crippen LogP contribution in [-0.2, 0) is 65.4 Å². The fourth-order valence-corrected chi connectivity index (χ4v) is 12.2. The number of aliphatic hydroxyl groups is 1. The Bertz CT molecular complexity index is 1720. The molecule has 0 amide bonds. The van der Waals surface area contributed by atoms with Gasteiger partial charge in [0.1, 0.15) is 19.3 Å². The van der Waals surface area contributed by atoms with Gasteiger partial charge in [-0.15, -0.1) is 0 Å². The predicted octanol–water partition coefficient (Wildman–Crippen LogP) is 20.1. The third-order valence-corrected chi connectivity index (χ3v) is 18.5. The number of hydrogen-bond acceptors (Lipinski definition) is 15. The third kappa shape index (κ3) is 63.2. The van der Waals surface area contributed by atoms with Crippen LogP contribution in [0.3, 0.4) is 0 Å². The largest absolute Gasteiger partial charge is 0.472 e. The van der Waals surface area contributed by atoms with Crippen molar-refractivity contribution >= 4 is 39.5 Å². The second-order valence-corrected chi connectivity index (χ2v) is 28.4. The van der Waals surface area contributed by atoms with Crippen LogP contribution in [-0.4, -0.2) is 96.7 Å². The molecule has 528 valence electrons. The summed E-state index contributed by atoms with van der Waals surface area (Å²) in [5.41, 5.74) is 0. The standard InChI is InChI=1S/C70H136O17P2/c1-6-10-13-16-19-22-23-24-25-26-27-28-29-30-31-32-33-36-39-46-51-56-70(75)87-66(60-81-68(73)54-49-44-41-40-42-47-52-63(5)9-4)62-85-89(78,79)83-58-64(71)57-82-88(76,77)84-61-65(86-69(74)55-50-45-38-35-21-18-15-12-8-3)59-80-67(72)53-48-43-37-34-20-17-14-11-7-2/h63-66,71H,6-62H2,1-5H3,(H,76,77)(H,78,79)/t63?,64-,65+,66+/m0/s1. The minimum Gasteiger partial charge on any atom is -0.462 e. The fourth-order valence-electron chi connectivity index (χ4n) is 10.6. The number of phosphoric ester groups is 2. The Balaban J connectivity index is 5.13. The van der Waals surface area contributed by atoms with Gasteiger partial charge >= 0.3 is 39.5 Å². The second kappa shape index (κ2) is 63.5. The van der Waals surface area contributed by atoms with E-state index >= 15 is 0 Å². The van der Waals surface area contributed by atoms with Gasteiger partial charge in [-0.3, -0.25) is 37.3 Å². The van der Waals surface area contributed by atoms with Crippen molar-refractivity contribution in [2.24, 2.45) is 5.92 Å². The average molecular weight is 1310 g/mol. The zero-order valence-electron chi connectivity index (χ0n) is 57.6. The van der Waals surface area contributed by atoms with Crippen molar-refractivity contribution in [1.29, 1.82) is 0 Å². The van der Waals surface area contributed by atoms with Gasteiger partial charge in [-0.1, -0.05) is 311 Å². The molecule has 6 atom stereocenters. The van der Waals surface area contributed by atoms with Gasteiger partial charge in [-0.2, -0.15) is 0 Å². The normalized spacial score (nSPS) is 14.4. The number of phosphoric acid groups is 2. The molecule has 0 spiro atoms. The molecular formula is C70H136O17P2. The zero-order chi connectivity index (χ0) is 65.6. The number of aliphatic hydroxyl groups excluding tert-OH is 1. The quantitative estimate of drug-likeness (QED) is 0.0222. The highest BCUT2D eigenvalue weighted by molar-refractivity contribution is 7.47. The Hall–Kier alpha value is -1.94. The summed E-state index contributed by atoms with van der Waals surface area (Å²) in [6, 6.07) is 0. The summed E-state index contributed by atoms with van der Waals surface area (Å²) < 4.78 is 68.1. The second-order valence-electron chi connectivity index (χ2n) is 25.5. The fraction of sp³-hybridized carbons (Fsp3) is 0.943. The van der Waals surface area contributed by atoms with Crippen LogP contribution in [0.25, 0.3) is 0 Å². The minimum absolute atomic E-state index is 0.106. The van der Waals surface area contributed by atoms with Crippen LogP contribution in [0, 0.1) is 5.92 Å². The van der Waals surface area contributed by atoms with Gasteiger partial charge in [-0.25, -0.2) is 9.13 Å². The van der Waals surface area contributed by atoms with E-state index in [1.54, 1.807) is 0 Å². The molecule has 0 aliphatic heterocycles. The molecule has 0 bridgehead atoms. The van der Waals surface area contributed by atoms with Crippen LogP contribution < -0.4 is 0 Å². The van der Waals surface area contributed by atoms with Crippen molar-refractivity contribution in [2.75, 3.05) is 39.6 Å². The average Bonchev–Trinajstić information content (AvgIpc) is 3.67. The number of ether oxygens (including phenoxy) is 4. The van der Waals surface area contributed by atoms with E-state index in [-0.39, 0.29) is 25.7 Å². The van der Waals surface area contributed by atoms with Crippen LogP contribution in [0.1, 0.15) is 362 Å². The van der Waals surface area contributed by atoms with Crippen molar-refractivity contribution in [1.82, 2.24) is 0 Å². The van der Waals surface area contributed by atoms with E-state index in [1.807, 2.05) is 0 Å². The third-order valence-electron chi connectivity index (χ3n) is 16.6. The smallest absolute Gasteiger partial charge is 0.462 e. The molecule has 3 N–H and O–H groups in total. The lowest BCUT2D eigenvalue weighted by Crippen LogP contribution is -2.30. The van der Waals surface area contributed by atoms with Crippen molar-refractivity contribution in [3.8, 4) is 0 Å². The van der Waals surface area contributed by atoms with Gasteiger partial charge in [0.2, 0.25) is 0 Å². The molecule has 0 rings (SSSR count). The molecular weight excluding hydrogens is 1170 g/mol. The molecule has 0 heterocycles. The first kappa shape index (κ1) is 87.1. The van der Waals surface area contributed by atoms with Crippen LogP contribution in [0.2, 0.25) is 0 Å². The molecule has 0 fully saturated rings. The number of esters is 4. The van der Waals surface area contributed by atoms with E-state index in [1.165, 1.54) is 180 Å². The summed E-state index contributed by atoms with van der Waals surface area (Å²) in [5.74, 6) is -1.40. The maximum absolute atomic E-state index is 13.0. The molecule has 19 heteroatoms. The van der Waals surface area contributed by atoms with Crippen molar-refractivity contribution in [3.05, 3.63) is 0 Å². The van der Waals surface area contributed by atoms with E-state index in [9.17, 15) is 43.2 Å². The van der Waals surface area contributed by atoms with E-state index in [0.717, 1.165) is 102 Å². The number of unbranched alkanes of at least 4 members (excludes halogenated alkanes) is 41. The molecule has 17 nitrogen and oxygen atoms in total. The summed E-state index contributed by atoms with van der Waals surface area (Å²) in [5, 5.41) is 10.6. The van der Waals surface area contributed by atoms with E-state index in [0.29, 0.717) is 25.7 Å². The number of carbonyl (C=O) groups is 4. The van der Waals surface area contributed by atoms with Gasteiger partial charge in [0, 0.05) is 25.7 Å². The van der Waals surface area contributed by atoms with E-state index < -0.39 is 97.5 Å². The molecule has 0 radical (unpaired) electrons. The van der Waals surface area contributed by atoms with E-state index in [4.69, 9.17) is 37.0 Å². The van der Waals surface area contributed by atoms with Gasteiger partial charge in [0.25, 0.3) is 0 Å². The number of hydrogen-bond donors (Lipinski definition) is 3. The van der Waals surface area contributed by atoms with Crippen LogP contribution >= 0.6 is 15.6 Å². The molecule has 0 aromatic heterocycles. The topological polar surface area (TPSA) is 237 Å². The molecule has 0 aliphatic carbocycles. The molecule has 0 aliphatic rings. The van der Waals surface area contributed by atoms with Gasteiger partial charge in [0.15, 0.2) is 12.2 Å². The molecule has 0 aromatic carbocycles. The lowest BCUT2D eigenvalue weighted by molar-refractivity contribution is -0.161.